The van der Waals surface area contributed by atoms with Crippen LogP contribution in [0.4, 0.5) is 0 Å². The molecule has 22 heavy (non-hydrogen) atoms. The van der Waals surface area contributed by atoms with E-state index in [9.17, 15) is 9.59 Å². The van der Waals surface area contributed by atoms with Gasteiger partial charge in [0.05, 0.1) is 12.9 Å². The molecule has 0 radical (unpaired) electrons. The molecule has 2 rings (SSSR count). The van der Waals surface area contributed by atoms with Gasteiger partial charge in [-0.3, -0.25) is 14.9 Å². The largest absolute Gasteiger partial charge is 0.497 e. The molecule has 0 saturated carbocycles. The van der Waals surface area contributed by atoms with E-state index in [1.54, 1.807) is 31.4 Å². The SMILES string of the molecule is COc1ccc(C(=O)NC(=O)CSc2ccccc2Br)cc1. The first-order valence-electron chi connectivity index (χ1n) is 6.45. The maximum Gasteiger partial charge on any atom is 0.257 e. The predicted octanol–water partition coefficient (Wildman–Crippen LogP) is 3.51. The van der Waals surface area contributed by atoms with E-state index in [4.69, 9.17) is 4.74 Å². The molecule has 0 aliphatic rings. The van der Waals surface area contributed by atoms with E-state index in [0.29, 0.717) is 11.3 Å². The lowest BCUT2D eigenvalue weighted by molar-refractivity contribution is -0.117. The first-order valence-corrected chi connectivity index (χ1v) is 8.23. The zero-order valence-electron chi connectivity index (χ0n) is 11.8. The molecule has 4 nitrogen and oxygen atoms in total. The van der Waals surface area contributed by atoms with Gasteiger partial charge in [-0.2, -0.15) is 0 Å². The van der Waals surface area contributed by atoms with E-state index in [1.807, 2.05) is 24.3 Å². The summed E-state index contributed by atoms with van der Waals surface area (Å²) in [6.45, 7) is 0. The van der Waals surface area contributed by atoms with Crippen LogP contribution in [0.2, 0.25) is 0 Å². The summed E-state index contributed by atoms with van der Waals surface area (Å²) in [6, 6.07) is 14.2. The minimum atomic E-state index is -0.416. The average Bonchev–Trinajstić information content (AvgIpc) is 2.54. The molecule has 0 aliphatic carbocycles. The zero-order valence-corrected chi connectivity index (χ0v) is 14.2. The Hall–Kier alpha value is -1.79. The molecule has 6 heteroatoms. The lowest BCUT2D eigenvalue weighted by Gasteiger charge is -2.06. The van der Waals surface area contributed by atoms with Crippen LogP contribution in [-0.4, -0.2) is 24.7 Å². The second kappa shape index (κ2) is 8.00. The molecule has 0 heterocycles. The molecule has 0 saturated heterocycles. The molecule has 0 fully saturated rings. The second-order valence-corrected chi connectivity index (χ2v) is 6.20. The average molecular weight is 380 g/mol. The van der Waals surface area contributed by atoms with Gasteiger partial charge in [0.1, 0.15) is 5.75 Å². The Morgan fingerprint density at radius 2 is 1.82 bits per heavy atom. The van der Waals surface area contributed by atoms with Crippen LogP contribution in [0.1, 0.15) is 10.4 Å². The van der Waals surface area contributed by atoms with Gasteiger partial charge in [0.25, 0.3) is 5.91 Å². The van der Waals surface area contributed by atoms with Crippen molar-refractivity contribution < 1.29 is 14.3 Å². The van der Waals surface area contributed by atoms with Gasteiger partial charge in [-0.05, 0) is 52.3 Å². The molecule has 2 amide bonds. The highest BCUT2D eigenvalue weighted by Gasteiger charge is 2.11. The van der Waals surface area contributed by atoms with Crippen molar-refractivity contribution in [2.24, 2.45) is 0 Å². The predicted molar refractivity (Wildman–Crippen MR) is 90.3 cm³/mol. The standard InChI is InChI=1S/C16H14BrNO3S/c1-21-12-8-6-11(7-9-12)16(20)18-15(19)10-22-14-5-3-2-4-13(14)17/h2-9H,10H2,1H3,(H,18,19,20). The number of benzene rings is 2. The lowest BCUT2D eigenvalue weighted by Crippen LogP contribution is -2.31. The number of carbonyl (C=O) groups excluding carboxylic acids is 2. The smallest absolute Gasteiger partial charge is 0.257 e. The maximum absolute atomic E-state index is 11.9. The van der Waals surface area contributed by atoms with E-state index in [2.05, 4.69) is 21.2 Å². The maximum atomic E-state index is 11.9. The molecule has 0 atom stereocenters. The summed E-state index contributed by atoms with van der Waals surface area (Å²) in [4.78, 5) is 24.7. The molecular weight excluding hydrogens is 366 g/mol. The highest BCUT2D eigenvalue weighted by molar-refractivity contribution is 9.10. The summed E-state index contributed by atoms with van der Waals surface area (Å²) in [5.74, 6) is 0.0825. The number of methoxy groups -OCH3 is 1. The number of hydrogen-bond acceptors (Lipinski definition) is 4. The first kappa shape index (κ1) is 16.6. The molecule has 0 aromatic heterocycles. The van der Waals surface area contributed by atoms with Crippen LogP contribution in [-0.2, 0) is 4.79 Å². The normalized spacial score (nSPS) is 10.1. The minimum absolute atomic E-state index is 0.171. The Labute approximate surface area is 141 Å². The van der Waals surface area contributed by atoms with Crippen molar-refractivity contribution in [3.05, 3.63) is 58.6 Å². The lowest BCUT2D eigenvalue weighted by atomic mass is 10.2. The first-order chi connectivity index (χ1) is 10.6. The van der Waals surface area contributed by atoms with Crippen LogP contribution < -0.4 is 10.1 Å². The van der Waals surface area contributed by atoms with Gasteiger partial charge in [0, 0.05) is 14.9 Å². The zero-order chi connectivity index (χ0) is 15.9. The topological polar surface area (TPSA) is 55.4 Å². The Balaban J connectivity index is 1.88. The van der Waals surface area contributed by atoms with Crippen LogP contribution in [0.15, 0.2) is 57.9 Å². The van der Waals surface area contributed by atoms with E-state index in [1.165, 1.54) is 11.8 Å². The molecule has 114 valence electrons. The van der Waals surface area contributed by atoms with Crippen molar-refractivity contribution in [3.63, 3.8) is 0 Å². The van der Waals surface area contributed by atoms with Crippen LogP contribution >= 0.6 is 27.7 Å². The van der Waals surface area contributed by atoms with Gasteiger partial charge < -0.3 is 4.74 Å². The Kier molecular flexibility index (Phi) is 6.03. The number of hydrogen-bond donors (Lipinski definition) is 1. The van der Waals surface area contributed by atoms with E-state index in [-0.39, 0.29) is 11.7 Å². The Bertz CT molecular complexity index is 673. The van der Waals surface area contributed by atoms with Crippen molar-refractivity contribution >= 4 is 39.5 Å². The van der Waals surface area contributed by atoms with Crippen LogP contribution in [0, 0.1) is 0 Å². The van der Waals surface area contributed by atoms with Gasteiger partial charge in [-0.15, -0.1) is 11.8 Å². The molecule has 0 spiro atoms. The van der Waals surface area contributed by atoms with Gasteiger partial charge in [-0.25, -0.2) is 0 Å². The quantitative estimate of drug-likeness (QED) is 0.807. The highest BCUT2D eigenvalue weighted by atomic mass is 79.9. The van der Waals surface area contributed by atoms with E-state index in [0.717, 1.165) is 9.37 Å². The number of halogens is 1. The molecule has 0 bridgehead atoms. The van der Waals surface area contributed by atoms with E-state index >= 15 is 0 Å². The summed E-state index contributed by atoms with van der Waals surface area (Å²) in [7, 11) is 1.55. The molecule has 0 aliphatic heterocycles. The van der Waals surface area contributed by atoms with Gasteiger partial charge in [-0.1, -0.05) is 12.1 Å². The van der Waals surface area contributed by atoms with Crippen molar-refractivity contribution in [3.8, 4) is 5.75 Å². The molecule has 0 unspecified atom stereocenters. The third kappa shape index (κ3) is 4.61. The third-order valence-electron chi connectivity index (χ3n) is 2.80. The van der Waals surface area contributed by atoms with Gasteiger partial charge >= 0.3 is 0 Å². The second-order valence-electron chi connectivity index (χ2n) is 4.32. The van der Waals surface area contributed by atoms with Crippen molar-refractivity contribution in [1.82, 2.24) is 5.32 Å². The number of imide groups is 1. The summed E-state index contributed by atoms with van der Waals surface area (Å²) >= 11 is 4.78. The number of amides is 2. The summed E-state index contributed by atoms with van der Waals surface area (Å²) < 4.78 is 5.95. The summed E-state index contributed by atoms with van der Waals surface area (Å²) in [5.41, 5.74) is 0.417. The summed E-state index contributed by atoms with van der Waals surface area (Å²) in [6.07, 6.45) is 0. The Morgan fingerprint density at radius 3 is 2.45 bits per heavy atom. The summed E-state index contributed by atoms with van der Waals surface area (Å²) in [5, 5.41) is 2.37. The number of carbonyl (C=O) groups is 2. The number of nitrogens with one attached hydrogen (secondary N) is 1. The van der Waals surface area contributed by atoms with Gasteiger partial charge in [0.15, 0.2) is 0 Å². The molecular formula is C16H14BrNO3S. The molecule has 2 aromatic rings. The van der Waals surface area contributed by atoms with Crippen molar-refractivity contribution in [2.45, 2.75) is 4.90 Å². The number of rotatable bonds is 5. The van der Waals surface area contributed by atoms with Crippen molar-refractivity contribution in [1.29, 1.82) is 0 Å². The molecule has 1 N–H and O–H groups in total. The fraction of sp³-hybridized carbons (Fsp3) is 0.125. The monoisotopic (exact) mass is 379 g/mol. The van der Waals surface area contributed by atoms with Crippen LogP contribution in [0.3, 0.4) is 0 Å². The van der Waals surface area contributed by atoms with Crippen LogP contribution in [0.25, 0.3) is 0 Å². The van der Waals surface area contributed by atoms with Gasteiger partial charge in [0.2, 0.25) is 5.91 Å². The fourth-order valence-corrected chi connectivity index (χ4v) is 3.05. The minimum Gasteiger partial charge on any atom is -0.497 e. The number of thioether (sulfide) groups is 1. The molecule has 2 aromatic carbocycles. The number of ether oxygens (including phenoxy) is 1. The highest BCUT2D eigenvalue weighted by Crippen LogP contribution is 2.26. The van der Waals surface area contributed by atoms with E-state index < -0.39 is 5.91 Å². The fourth-order valence-electron chi connectivity index (χ4n) is 1.68. The Morgan fingerprint density at radius 1 is 1.14 bits per heavy atom. The van der Waals surface area contributed by atoms with Crippen molar-refractivity contribution in [2.75, 3.05) is 12.9 Å². The third-order valence-corrected chi connectivity index (χ3v) is 4.83. The van der Waals surface area contributed by atoms with Crippen LogP contribution in [0.5, 0.6) is 5.75 Å².